The van der Waals surface area contributed by atoms with Crippen molar-refractivity contribution in [3.8, 4) is 0 Å². The van der Waals surface area contributed by atoms with Crippen LogP contribution in [0.15, 0.2) is 18.2 Å². The minimum Gasteiger partial charge on any atom is -0.371 e. The molecule has 1 aliphatic rings. The number of hydrogen-bond donors (Lipinski definition) is 1. The van der Waals surface area contributed by atoms with Crippen LogP contribution >= 0.6 is 0 Å². The van der Waals surface area contributed by atoms with Crippen LogP contribution in [-0.4, -0.2) is 19.1 Å². The van der Waals surface area contributed by atoms with Crippen LogP contribution < -0.4 is 10.6 Å². The first-order chi connectivity index (χ1) is 9.15. The third-order valence-corrected chi connectivity index (χ3v) is 4.29. The quantitative estimate of drug-likeness (QED) is 0.883. The lowest BCUT2D eigenvalue weighted by Crippen LogP contribution is -2.26. The zero-order valence-corrected chi connectivity index (χ0v) is 12.0. The minimum absolute atomic E-state index is 0.0419. The molecule has 1 aromatic rings. The van der Waals surface area contributed by atoms with Crippen LogP contribution in [0, 0.1) is 11.7 Å². The van der Waals surface area contributed by atoms with E-state index < -0.39 is 0 Å². The van der Waals surface area contributed by atoms with Crippen molar-refractivity contribution in [2.75, 3.05) is 18.0 Å². The molecule has 0 radical (unpaired) electrons. The SMILES string of the molecule is CCC(N)Cc1c(F)cccc1N1CCC(CC)C1. The van der Waals surface area contributed by atoms with Gasteiger partial charge in [-0.2, -0.15) is 0 Å². The predicted octanol–water partition coefficient (Wildman–Crippen LogP) is 3.34. The molecule has 1 aliphatic heterocycles. The standard InChI is InChI=1S/C16H25FN2/c1-3-12-8-9-19(11-12)16-7-5-6-15(17)14(16)10-13(18)4-2/h5-7,12-13H,3-4,8-11,18H2,1-2H3. The van der Waals surface area contributed by atoms with Crippen molar-refractivity contribution in [1.29, 1.82) is 0 Å². The van der Waals surface area contributed by atoms with E-state index in [4.69, 9.17) is 5.73 Å². The van der Waals surface area contributed by atoms with E-state index in [0.717, 1.165) is 36.7 Å². The van der Waals surface area contributed by atoms with E-state index in [-0.39, 0.29) is 11.9 Å². The van der Waals surface area contributed by atoms with E-state index in [2.05, 4.69) is 11.8 Å². The summed E-state index contributed by atoms with van der Waals surface area (Å²) in [4.78, 5) is 2.33. The molecule has 1 fully saturated rings. The van der Waals surface area contributed by atoms with Crippen molar-refractivity contribution < 1.29 is 4.39 Å². The van der Waals surface area contributed by atoms with Crippen LogP contribution in [0.3, 0.4) is 0 Å². The third-order valence-electron chi connectivity index (χ3n) is 4.29. The highest BCUT2D eigenvalue weighted by molar-refractivity contribution is 5.55. The topological polar surface area (TPSA) is 29.3 Å². The number of rotatable bonds is 5. The van der Waals surface area contributed by atoms with E-state index >= 15 is 0 Å². The van der Waals surface area contributed by atoms with Crippen molar-refractivity contribution >= 4 is 5.69 Å². The molecule has 1 heterocycles. The van der Waals surface area contributed by atoms with E-state index in [1.165, 1.54) is 12.8 Å². The second kappa shape index (κ2) is 6.38. The Bertz CT molecular complexity index is 419. The Hall–Kier alpha value is -1.09. The van der Waals surface area contributed by atoms with Gasteiger partial charge in [0.25, 0.3) is 0 Å². The van der Waals surface area contributed by atoms with E-state index in [0.29, 0.717) is 6.42 Å². The molecular formula is C16H25FN2. The minimum atomic E-state index is -0.110. The van der Waals surface area contributed by atoms with Gasteiger partial charge >= 0.3 is 0 Å². The molecule has 0 aromatic heterocycles. The number of hydrogen-bond acceptors (Lipinski definition) is 2. The average Bonchev–Trinajstić information content (AvgIpc) is 2.89. The highest BCUT2D eigenvalue weighted by atomic mass is 19.1. The molecule has 0 amide bonds. The monoisotopic (exact) mass is 264 g/mol. The lowest BCUT2D eigenvalue weighted by atomic mass is 10.0. The van der Waals surface area contributed by atoms with Crippen LogP contribution in [-0.2, 0) is 6.42 Å². The molecule has 0 bridgehead atoms. The Morgan fingerprint density at radius 3 is 2.84 bits per heavy atom. The van der Waals surface area contributed by atoms with Gasteiger partial charge in [-0.25, -0.2) is 4.39 Å². The molecule has 0 spiro atoms. The highest BCUT2D eigenvalue weighted by Gasteiger charge is 2.24. The van der Waals surface area contributed by atoms with Gasteiger partial charge in [-0.3, -0.25) is 0 Å². The van der Waals surface area contributed by atoms with Gasteiger partial charge in [-0.05, 0) is 37.3 Å². The molecule has 1 saturated heterocycles. The Balaban J connectivity index is 2.22. The van der Waals surface area contributed by atoms with E-state index in [1.807, 2.05) is 19.1 Å². The Labute approximate surface area is 115 Å². The molecule has 2 N–H and O–H groups in total. The lowest BCUT2D eigenvalue weighted by molar-refractivity contribution is 0.566. The summed E-state index contributed by atoms with van der Waals surface area (Å²) in [7, 11) is 0. The smallest absolute Gasteiger partial charge is 0.128 e. The summed E-state index contributed by atoms with van der Waals surface area (Å²) in [5, 5.41) is 0. The fraction of sp³-hybridized carbons (Fsp3) is 0.625. The number of halogens is 1. The van der Waals surface area contributed by atoms with E-state index in [1.54, 1.807) is 6.07 Å². The molecular weight excluding hydrogens is 239 g/mol. The Kier molecular flexibility index (Phi) is 4.81. The first-order valence-electron chi connectivity index (χ1n) is 7.43. The summed E-state index contributed by atoms with van der Waals surface area (Å²) in [5.41, 5.74) is 7.86. The van der Waals surface area contributed by atoms with Crippen molar-refractivity contribution in [2.45, 2.75) is 45.6 Å². The van der Waals surface area contributed by atoms with Gasteiger partial charge in [-0.1, -0.05) is 26.3 Å². The fourth-order valence-electron chi connectivity index (χ4n) is 2.84. The maximum Gasteiger partial charge on any atom is 0.128 e. The van der Waals surface area contributed by atoms with Crippen molar-refractivity contribution in [3.05, 3.63) is 29.6 Å². The molecule has 2 unspecified atom stereocenters. The summed E-state index contributed by atoms with van der Waals surface area (Å²) < 4.78 is 14.1. The first-order valence-corrected chi connectivity index (χ1v) is 7.43. The van der Waals surface area contributed by atoms with Crippen LogP contribution in [0.2, 0.25) is 0 Å². The maximum atomic E-state index is 14.1. The molecule has 0 aliphatic carbocycles. The maximum absolute atomic E-state index is 14.1. The molecule has 19 heavy (non-hydrogen) atoms. The van der Waals surface area contributed by atoms with Gasteiger partial charge in [0.2, 0.25) is 0 Å². The second-order valence-electron chi connectivity index (χ2n) is 5.62. The van der Waals surface area contributed by atoms with Gasteiger partial charge in [0.1, 0.15) is 5.82 Å². The van der Waals surface area contributed by atoms with Crippen LogP contribution in [0.25, 0.3) is 0 Å². The van der Waals surface area contributed by atoms with Crippen molar-refractivity contribution in [1.82, 2.24) is 0 Å². The van der Waals surface area contributed by atoms with Crippen LogP contribution in [0.1, 0.15) is 38.7 Å². The fourth-order valence-corrected chi connectivity index (χ4v) is 2.84. The lowest BCUT2D eigenvalue weighted by Gasteiger charge is -2.23. The summed E-state index contributed by atoms with van der Waals surface area (Å²) in [6.07, 6.45) is 3.93. The molecule has 3 heteroatoms. The zero-order valence-electron chi connectivity index (χ0n) is 12.0. The summed E-state index contributed by atoms with van der Waals surface area (Å²) in [6.45, 7) is 6.37. The van der Waals surface area contributed by atoms with Gasteiger partial charge in [-0.15, -0.1) is 0 Å². The first kappa shape index (κ1) is 14.3. The molecule has 2 atom stereocenters. The number of nitrogens with zero attached hydrogens (tertiary/aromatic N) is 1. The Morgan fingerprint density at radius 1 is 1.42 bits per heavy atom. The number of nitrogens with two attached hydrogens (primary N) is 1. The summed E-state index contributed by atoms with van der Waals surface area (Å²) in [5.74, 6) is 0.636. The predicted molar refractivity (Wildman–Crippen MR) is 79.0 cm³/mol. The molecule has 2 rings (SSSR count). The molecule has 2 nitrogen and oxygen atoms in total. The van der Waals surface area contributed by atoms with Gasteiger partial charge in [0.15, 0.2) is 0 Å². The number of anilines is 1. The Morgan fingerprint density at radius 2 is 2.21 bits per heavy atom. The molecule has 1 aromatic carbocycles. The van der Waals surface area contributed by atoms with Crippen LogP contribution in [0.4, 0.5) is 10.1 Å². The largest absolute Gasteiger partial charge is 0.371 e. The van der Waals surface area contributed by atoms with Gasteiger partial charge < -0.3 is 10.6 Å². The van der Waals surface area contributed by atoms with Crippen LogP contribution in [0.5, 0.6) is 0 Å². The van der Waals surface area contributed by atoms with Crippen molar-refractivity contribution in [2.24, 2.45) is 11.7 Å². The number of benzene rings is 1. The third kappa shape index (κ3) is 3.27. The van der Waals surface area contributed by atoms with Gasteiger partial charge in [0.05, 0.1) is 0 Å². The molecule has 106 valence electrons. The van der Waals surface area contributed by atoms with Crippen molar-refractivity contribution in [3.63, 3.8) is 0 Å². The summed E-state index contributed by atoms with van der Waals surface area (Å²) >= 11 is 0. The normalized spacial score (nSPS) is 20.8. The average molecular weight is 264 g/mol. The zero-order chi connectivity index (χ0) is 13.8. The van der Waals surface area contributed by atoms with Gasteiger partial charge in [0, 0.05) is 30.4 Å². The van der Waals surface area contributed by atoms with E-state index in [9.17, 15) is 4.39 Å². The summed E-state index contributed by atoms with van der Waals surface area (Å²) in [6, 6.07) is 5.44. The second-order valence-corrected chi connectivity index (χ2v) is 5.62. The molecule has 0 saturated carbocycles. The highest BCUT2D eigenvalue weighted by Crippen LogP contribution is 2.30.